The molecule has 0 saturated carbocycles. The number of H-pyrrole nitrogens is 1. The molecule has 8 heteroatoms. The molecule has 30 heavy (non-hydrogen) atoms. The number of hydrogen-bond donors (Lipinski definition) is 1. The van der Waals surface area contributed by atoms with Gasteiger partial charge in [-0.2, -0.15) is 5.10 Å². The van der Waals surface area contributed by atoms with Gasteiger partial charge < -0.3 is 13.9 Å². The van der Waals surface area contributed by atoms with Crippen LogP contribution < -0.4 is 0 Å². The number of ether oxygens (including phenoxy) is 2. The van der Waals surface area contributed by atoms with E-state index in [4.69, 9.17) is 13.9 Å². The number of aromatic amines is 1. The predicted molar refractivity (Wildman–Crippen MR) is 112 cm³/mol. The highest BCUT2D eigenvalue weighted by atomic mass is 16.6. The van der Waals surface area contributed by atoms with Crippen LogP contribution in [0, 0.1) is 0 Å². The van der Waals surface area contributed by atoms with Gasteiger partial charge in [0.1, 0.15) is 11.3 Å². The van der Waals surface area contributed by atoms with Gasteiger partial charge in [0.15, 0.2) is 0 Å². The second kappa shape index (κ2) is 9.87. The zero-order chi connectivity index (χ0) is 22.3. The summed E-state index contributed by atoms with van der Waals surface area (Å²) in [4.78, 5) is 28.0. The Morgan fingerprint density at radius 3 is 2.47 bits per heavy atom. The van der Waals surface area contributed by atoms with Crippen molar-refractivity contribution in [3.63, 3.8) is 0 Å². The Kier molecular flexibility index (Phi) is 7.52. The van der Waals surface area contributed by atoms with E-state index < -0.39 is 17.5 Å². The molecule has 0 aliphatic carbocycles. The SMILES string of the molecule is CC.CCOC(=O)c1cnc(-c2cccc(-c3cc(C(=O)OC(C)(C)C)[nH]n3)c2)o1. The maximum atomic E-state index is 12.2. The van der Waals surface area contributed by atoms with Crippen LogP contribution in [0.15, 0.2) is 40.9 Å². The van der Waals surface area contributed by atoms with Crippen LogP contribution in [-0.4, -0.2) is 39.3 Å². The molecule has 0 saturated heterocycles. The van der Waals surface area contributed by atoms with Gasteiger partial charge in [0.25, 0.3) is 0 Å². The van der Waals surface area contributed by atoms with Crippen molar-refractivity contribution in [2.24, 2.45) is 0 Å². The van der Waals surface area contributed by atoms with E-state index in [0.29, 0.717) is 11.3 Å². The Labute approximate surface area is 175 Å². The highest BCUT2D eigenvalue weighted by Crippen LogP contribution is 2.26. The number of oxazole rings is 1. The van der Waals surface area contributed by atoms with Crippen LogP contribution in [0.5, 0.6) is 0 Å². The first-order valence-electron chi connectivity index (χ1n) is 9.79. The molecule has 0 unspecified atom stereocenters. The van der Waals surface area contributed by atoms with Crippen LogP contribution >= 0.6 is 0 Å². The fraction of sp³-hybridized carbons (Fsp3) is 0.364. The number of nitrogens with one attached hydrogen (secondary N) is 1. The molecule has 2 aromatic heterocycles. The molecule has 0 aliphatic heterocycles. The molecule has 0 radical (unpaired) electrons. The fourth-order valence-corrected chi connectivity index (χ4v) is 2.42. The average molecular weight is 413 g/mol. The number of carbonyl (C=O) groups is 2. The Morgan fingerprint density at radius 1 is 1.10 bits per heavy atom. The number of benzene rings is 1. The summed E-state index contributed by atoms with van der Waals surface area (Å²) in [5, 5.41) is 6.87. The van der Waals surface area contributed by atoms with Crippen molar-refractivity contribution >= 4 is 11.9 Å². The van der Waals surface area contributed by atoms with Crippen molar-refractivity contribution < 1.29 is 23.5 Å². The van der Waals surface area contributed by atoms with Crippen molar-refractivity contribution in [2.45, 2.75) is 47.1 Å². The minimum Gasteiger partial charge on any atom is -0.460 e. The first-order valence-corrected chi connectivity index (χ1v) is 9.79. The van der Waals surface area contributed by atoms with Gasteiger partial charge in [-0.3, -0.25) is 5.10 Å². The van der Waals surface area contributed by atoms with Gasteiger partial charge in [-0.25, -0.2) is 14.6 Å². The van der Waals surface area contributed by atoms with Crippen LogP contribution in [0.3, 0.4) is 0 Å². The zero-order valence-corrected chi connectivity index (χ0v) is 18.1. The standard InChI is InChI=1S/C20H21N3O5.C2H6/c1-5-26-19(25)16-11-21-17(27-16)13-8-6-7-12(9-13)14-10-15(23-22-14)18(24)28-20(2,3)4;1-2/h6-11H,5H2,1-4H3,(H,22,23);1-2H3. The maximum Gasteiger partial charge on any atom is 0.375 e. The third-order valence-corrected chi connectivity index (χ3v) is 3.58. The largest absolute Gasteiger partial charge is 0.460 e. The lowest BCUT2D eigenvalue weighted by atomic mass is 10.1. The predicted octanol–water partition coefficient (Wildman–Crippen LogP) is 4.89. The van der Waals surface area contributed by atoms with E-state index in [2.05, 4.69) is 15.2 Å². The second-order valence-electron chi connectivity index (χ2n) is 7.00. The molecular formula is C22H27N3O5. The highest BCUT2D eigenvalue weighted by molar-refractivity contribution is 5.89. The minimum absolute atomic E-state index is 0.0363. The Balaban J connectivity index is 0.00000155. The maximum absolute atomic E-state index is 12.2. The van der Waals surface area contributed by atoms with Gasteiger partial charge in [-0.15, -0.1) is 0 Å². The van der Waals surface area contributed by atoms with Gasteiger partial charge in [-0.1, -0.05) is 26.0 Å². The summed E-state index contributed by atoms with van der Waals surface area (Å²) < 4.78 is 15.7. The fourth-order valence-electron chi connectivity index (χ4n) is 2.42. The van der Waals surface area contributed by atoms with E-state index in [-0.39, 0.29) is 24.0 Å². The molecular weight excluding hydrogens is 386 g/mol. The molecule has 2 heterocycles. The third-order valence-electron chi connectivity index (χ3n) is 3.58. The lowest BCUT2D eigenvalue weighted by Crippen LogP contribution is -2.24. The van der Waals surface area contributed by atoms with E-state index in [1.807, 2.05) is 19.9 Å². The third kappa shape index (κ3) is 5.79. The van der Waals surface area contributed by atoms with E-state index in [1.54, 1.807) is 52.0 Å². The van der Waals surface area contributed by atoms with Crippen LogP contribution in [0.2, 0.25) is 0 Å². The molecule has 3 rings (SSSR count). The van der Waals surface area contributed by atoms with Crippen molar-refractivity contribution in [3.8, 4) is 22.7 Å². The summed E-state index contributed by atoms with van der Waals surface area (Å²) >= 11 is 0. The molecule has 3 aromatic rings. The lowest BCUT2D eigenvalue weighted by Gasteiger charge is -2.18. The summed E-state index contributed by atoms with van der Waals surface area (Å²) in [6, 6.07) is 8.86. The molecule has 160 valence electrons. The summed E-state index contributed by atoms with van der Waals surface area (Å²) in [7, 11) is 0. The quantitative estimate of drug-likeness (QED) is 0.593. The highest BCUT2D eigenvalue weighted by Gasteiger charge is 2.20. The van der Waals surface area contributed by atoms with Crippen molar-refractivity contribution in [1.29, 1.82) is 0 Å². The number of carbonyl (C=O) groups excluding carboxylic acids is 2. The molecule has 0 amide bonds. The zero-order valence-electron chi connectivity index (χ0n) is 18.1. The van der Waals surface area contributed by atoms with Gasteiger partial charge in [-0.05, 0) is 45.9 Å². The van der Waals surface area contributed by atoms with E-state index in [9.17, 15) is 9.59 Å². The number of hydrogen-bond acceptors (Lipinski definition) is 7. The van der Waals surface area contributed by atoms with E-state index in [0.717, 1.165) is 5.56 Å². The molecule has 0 aliphatic rings. The Bertz CT molecular complexity index is 998. The molecule has 0 bridgehead atoms. The molecule has 0 spiro atoms. The first kappa shape index (κ1) is 22.9. The monoisotopic (exact) mass is 413 g/mol. The second-order valence-corrected chi connectivity index (χ2v) is 7.00. The topological polar surface area (TPSA) is 107 Å². The smallest absolute Gasteiger partial charge is 0.375 e. The van der Waals surface area contributed by atoms with E-state index in [1.165, 1.54) is 6.20 Å². The number of rotatable bonds is 5. The molecule has 1 N–H and O–H groups in total. The number of nitrogens with zero attached hydrogens (tertiary/aromatic N) is 2. The summed E-state index contributed by atoms with van der Waals surface area (Å²) in [6.45, 7) is 11.4. The van der Waals surface area contributed by atoms with Crippen LogP contribution in [0.4, 0.5) is 0 Å². The van der Waals surface area contributed by atoms with Gasteiger partial charge in [0.2, 0.25) is 11.7 Å². The van der Waals surface area contributed by atoms with Gasteiger partial charge >= 0.3 is 11.9 Å². The normalized spacial score (nSPS) is 10.7. The molecule has 0 atom stereocenters. The van der Waals surface area contributed by atoms with Crippen LogP contribution in [0.25, 0.3) is 22.7 Å². The Hall–Kier alpha value is -3.42. The molecule has 1 aromatic carbocycles. The molecule has 8 nitrogen and oxygen atoms in total. The van der Waals surface area contributed by atoms with Crippen LogP contribution in [-0.2, 0) is 9.47 Å². The van der Waals surface area contributed by atoms with Crippen LogP contribution in [0.1, 0.15) is 62.6 Å². The minimum atomic E-state index is -0.593. The summed E-state index contributed by atoms with van der Waals surface area (Å²) in [6.07, 6.45) is 1.33. The lowest BCUT2D eigenvalue weighted by molar-refractivity contribution is 0.00625. The summed E-state index contributed by atoms with van der Waals surface area (Å²) in [5.74, 6) is -0.720. The van der Waals surface area contributed by atoms with Crippen molar-refractivity contribution in [1.82, 2.24) is 15.2 Å². The van der Waals surface area contributed by atoms with E-state index >= 15 is 0 Å². The summed E-state index contributed by atoms with van der Waals surface area (Å²) in [5.41, 5.74) is 1.65. The Morgan fingerprint density at radius 2 is 1.80 bits per heavy atom. The van der Waals surface area contributed by atoms with Crippen molar-refractivity contribution in [2.75, 3.05) is 6.61 Å². The molecule has 0 fully saturated rings. The average Bonchev–Trinajstić information content (AvgIpc) is 3.39. The number of esters is 2. The van der Waals surface area contributed by atoms with Gasteiger partial charge in [0.05, 0.1) is 18.5 Å². The van der Waals surface area contributed by atoms with Gasteiger partial charge in [0, 0.05) is 11.1 Å². The number of aromatic nitrogens is 3. The van der Waals surface area contributed by atoms with Crippen molar-refractivity contribution in [3.05, 3.63) is 48.0 Å². The first-order chi connectivity index (χ1) is 14.3.